The Hall–Kier alpha value is -4.32. The Balaban J connectivity index is 1.81. The van der Waals surface area contributed by atoms with Gasteiger partial charge in [0, 0.05) is 23.6 Å². The molecule has 0 spiro atoms. The maximum atomic E-state index is 13.8. The van der Waals surface area contributed by atoms with Gasteiger partial charge in [0.05, 0.1) is 0 Å². The number of phenols is 2. The minimum Gasteiger partial charge on any atom is -0.504 e. The van der Waals surface area contributed by atoms with Crippen molar-refractivity contribution in [3.8, 4) is 11.5 Å². The van der Waals surface area contributed by atoms with Crippen LogP contribution in [0.3, 0.4) is 0 Å². The van der Waals surface area contributed by atoms with Crippen molar-refractivity contribution < 1.29 is 19.0 Å². The van der Waals surface area contributed by atoms with Gasteiger partial charge < -0.3 is 10.2 Å². The van der Waals surface area contributed by atoms with Gasteiger partial charge in [-0.2, -0.15) is 0 Å². The fourth-order valence-corrected chi connectivity index (χ4v) is 3.59. The Morgan fingerprint density at radius 3 is 1.29 bits per heavy atom. The molecule has 0 aromatic heterocycles. The summed E-state index contributed by atoms with van der Waals surface area (Å²) >= 11 is 0. The van der Waals surface area contributed by atoms with Crippen molar-refractivity contribution in [2.75, 3.05) is 0 Å². The van der Waals surface area contributed by atoms with Gasteiger partial charge in [-0.15, -0.1) is 0 Å². The van der Waals surface area contributed by atoms with E-state index in [1.807, 2.05) is 60.7 Å². The Morgan fingerprint density at radius 2 is 0.912 bits per heavy atom. The summed E-state index contributed by atoms with van der Waals surface area (Å²) in [5.74, 6) is -2.44. The standard InChI is InChI=1S/C28H22F2N2O2/c29-23-15-7-13-21(27(23)33)17-31-25(19-9-3-1-4-10-19)26(20-11-5-2-6-12-20)32-18-22-14-8-16-24(30)28(22)34/h1-18,25-26,33-34H/t25-,26-/m1/s1. The number of aliphatic imine (C=N–C) groups is 2. The average Bonchev–Trinajstić information content (AvgIpc) is 2.87. The Labute approximate surface area is 196 Å². The molecule has 170 valence electrons. The summed E-state index contributed by atoms with van der Waals surface area (Å²) in [5.41, 5.74) is 2.15. The third kappa shape index (κ3) is 5.18. The zero-order valence-electron chi connectivity index (χ0n) is 18.1. The third-order valence-corrected chi connectivity index (χ3v) is 5.37. The van der Waals surface area contributed by atoms with E-state index in [2.05, 4.69) is 0 Å². The molecule has 4 nitrogen and oxygen atoms in total. The maximum absolute atomic E-state index is 13.8. The van der Waals surface area contributed by atoms with E-state index in [0.717, 1.165) is 11.1 Å². The first kappa shape index (κ1) is 22.9. The predicted octanol–water partition coefficient (Wildman–Crippen LogP) is 6.40. The van der Waals surface area contributed by atoms with Gasteiger partial charge in [0.25, 0.3) is 0 Å². The first-order valence-electron chi connectivity index (χ1n) is 10.7. The van der Waals surface area contributed by atoms with Crippen LogP contribution in [-0.4, -0.2) is 22.6 Å². The molecule has 0 aliphatic carbocycles. The van der Waals surface area contributed by atoms with Crippen LogP contribution in [0.2, 0.25) is 0 Å². The summed E-state index contributed by atoms with van der Waals surface area (Å²) in [7, 11) is 0. The number of aromatic hydroxyl groups is 2. The van der Waals surface area contributed by atoms with Crippen LogP contribution >= 0.6 is 0 Å². The molecule has 4 aromatic rings. The summed E-state index contributed by atoms with van der Waals surface area (Å²) in [6, 6.07) is 26.2. The minimum atomic E-state index is -0.737. The second kappa shape index (κ2) is 10.5. The first-order valence-corrected chi connectivity index (χ1v) is 10.7. The number of rotatable bonds is 7. The molecular formula is C28H22F2N2O2. The van der Waals surface area contributed by atoms with Gasteiger partial charge in [-0.25, -0.2) is 8.78 Å². The molecule has 0 saturated carbocycles. The van der Waals surface area contributed by atoms with Gasteiger partial charge in [0.1, 0.15) is 12.1 Å². The monoisotopic (exact) mass is 456 g/mol. The van der Waals surface area contributed by atoms with Crippen LogP contribution in [0.15, 0.2) is 107 Å². The second-order valence-electron chi connectivity index (χ2n) is 7.62. The molecular weight excluding hydrogens is 434 g/mol. The van der Waals surface area contributed by atoms with Gasteiger partial charge >= 0.3 is 0 Å². The van der Waals surface area contributed by atoms with Crippen LogP contribution in [0, 0.1) is 11.6 Å². The summed E-state index contributed by atoms with van der Waals surface area (Å²) in [6.45, 7) is 0. The van der Waals surface area contributed by atoms with Crippen LogP contribution in [-0.2, 0) is 0 Å². The SMILES string of the molecule is Oc1c(F)cccc1C=N[C@H](c1ccccc1)[C@H](N=Cc1cccc(F)c1O)c1ccccc1. The van der Waals surface area contributed by atoms with E-state index in [9.17, 15) is 19.0 Å². The Morgan fingerprint density at radius 1 is 0.529 bits per heavy atom. The molecule has 0 aliphatic heterocycles. The normalized spacial score (nSPS) is 13.4. The van der Waals surface area contributed by atoms with Gasteiger partial charge in [-0.3, -0.25) is 9.98 Å². The van der Waals surface area contributed by atoms with Crippen molar-refractivity contribution in [2.24, 2.45) is 9.98 Å². The molecule has 4 aromatic carbocycles. The van der Waals surface area contributed by atoms with E-state index in [4.69, 9.17) is 9.98 Å². The Kier molecular flexibility index (Phi) is 7.08. The van der Waals surface area contributed by atoms with Crippen molar-refractivity contribution in [1.82, 2.24) is 0 Å². The smallest absolute Gasteiger partial charge is 0.165 e. The highest BCUT2D eigenvalue weighted by atomic mass is 19.1. The van der Waals surface area contributed by atoms with E-state index in [0.29, 0.717) is 0 Å². The lowest BCUT2D eigenvalue weighted by Crippen LogP contribution is -2.09. The molecule has 2 atom stereocenters. The number of halogens is 2. The highest BCUT2D eigenvalue weighted by Crippen LogP contribution is 2.36. The van der Waals surface area contributed by atoms with E-state index in [-0.39, 0.29) is 11.1 Å². The highest BCUT2D eigenvalue weighted by molar-refractivity contribution is 5.84. The van der Waals surface area contributed by atoms with Crippen LogP contribution in [0.5, 0.6) is 11.5 Å². The lowest BCUT2D eigenvalue weighted by molar-refractivity contribution is 0.431. The van der Waals surface area contributed by atoms with Gasteiger partial charge in [0.15, 0.2) is 23.1 Å². The van der Waals surface area contributed by atoms with Crippen molar-refractivity contribution >= 4 is 12.4 Å². The molecule has 4 rings (SSSR count). The summed E-state index contributed by atoms with van der Waals surface area (Å²) in [5, 5.41) is 20.2. The molecule has 0 amide bonds. The van der Waals surface area contributed by atoms with Crippen molar-refractivity contribution in [2.45, 2.75) is 12.1 Å². The fourth-order valence-electron chi connectivity index (χ4n) is 3.59. The summed E-state index contributed by atoms with van der Waals surface area (Å²) < 4.78 is 27.7. The van der Waals surface area contributed by atoms with E-state index < -0.39 is 35.2 Å². The molecule has 2 N–H and O–H groups in total. The molecule has 0 unspecified atom stereocenters. The number of benzene rings is 4. The van der Waals surface area contributed by atoms with Gasteiger partial charge in [-0.1, -0.05) is 72.8 Å². The fraction of sp³-hybridized carbons (Fsp3) is 0.0714. The average molecular weight is 456 g/mol. The highest BCUT2D eigenvalue weighted by Gasteiger charge is 2.23. The lowest BCUT2D eigenvalue weighted by Gasteiger charge is -2.22. The number of nitrogens with zero attached hydrogens (tertiary/aromatic N) is 2. The second-order valence-corrected chi connectivity index (χ2v) is 7.62. The van der Waals surface area contributed by atoms with Crippen LogP contribution in [0.25, 0.3) is 0 Å². The molecule has 34 heavy (non-hydrogen) atoms. The van der Waals surface area contributed by atoms with Crippen molar-refractivity contribution in [3.63, 3.8) is 0 Å². The molecule has 0 radical (unpaired) electrons. The molecule has 0 heterocycles. The zero-order valence-corrected chi connectivity index (χ0v) is 18.1. The van der Waals surface area contributed by atoms with Crippen molar-refractivity contribution in [1.29, 1.82) is 0 Å². The predicted molar refractivity (Wildman–Crippen MR) is 130 cm³/mol. The molecule has 0 saturated heterocycles. The van der Waals surface area contributed by atoms with Crippen LogP contribution < -0.4 is 0 Å². The number of phenolic OH excluding ortho intramolecular Hbond substituents is 2. The lowest BCUT2D eigenvalue weighted by atomic mass is 9.94. The quantitative estimate of drug-likeness (QED) is 0.316. The van der Waals surface area contributed by atoms with Gasteiger partial charge in [0.2, 0.25) is 0 Å². The third-order valence-electron chi connectivity index (χ3n) is 5.37. The Bertz CT molecular complexity index is 1210. The maximum Gasteiger partial charge on any atom is 0.165 e. The molecule has 0 bridgehead atoms. The van der Waals surface area contributed by atoms with E-state index in [1.54, 1.807) is 12.1 Å². The zero-order chi connectivity index (χ0) is 23.9. The van der Waals surface area contributed by atoms with E-state index >= 15 is 0 Å². The summed E-state index contributed by atoms with van der Waals surface area (Å²) in [6.07, 6.45) is 2.84. The summed E-state index contributed by atoms with van der Waals surface area (Å²) in [4.78, 5) is 9.39. The van der Waals surface area contributed by atoms with Crippen LogP contribution in [0.4, 0.5) is 8.78 Å². The minimum absolute atomic E-state index is 0.236. The first-order chi connectivity index (χ1) is 16.5. The largest absolute Gasteiger partial charge is 0.504 e. The number of hydrogen-bond donors (Lipinski definition) is 2. The van der Waals surface area contributed by atoms with Crippen molar-refractivity contribution in [3.05, 3.63) is 131 Å². The topological polar surface area (TPSA) is 65.2 Å². The number of hydrogen-bond acceptors (Lipinski definition) is 4. The van der Waals surface area contributed by atoms with Crippen LogP contribution in [0.1, 0.15) is 34.3 Å². The molecule has 6 heteroatoms. The number of para-hydroxylation sites is 2. The molecule has 0 fully saturated rings. The van der Waals surface area contributed by atoms with E-state index in [1.165, 1.54) is 36.7 Å². The van der Waals surface area contributed by atoms with Gasteiger partial charge in [-0.05, 0) is 35.4 Å². The molecule has 0 aliphatic rings.